The molecule has 0 aromatic rings. The number of carbonyl (C=O) groups excluding carboxylic acids is 2. The van der Waals surface area contributed by atoms with Crippen LogP contribution in [0, 0.1) is 11.8 Å². The number of carbonyl (C=O) groups is 2. The van der Waals surface area contributed by atoms with Gasteiger partial charge in [-0.3, -0.25) is 9.59 Å². The summed E-state index contributed by atoms with van der Waals surface area (Å²) in [6, 6.07) is 0. The highest BCUT2D eigenvalue weighted by molar-refractivity contribution is 5.73. The maximum atomic E-state index is 12.1. The summed E-state index contributed by atoms with van der Waals surface area (Å²) in [7, 11) is 0. The van der Waals surface area contributed by atoms with Gasteiger partial charge in [0.05, 0.1) is 49.5 Å². The predicted octanol–water partition coefficient (Wildman–Crippen LogP) is 5.11. The van der Waals surface area contributed by atoms with Crippen molar-refractivity contribution in [3.8, 4) is 0 Å². The summed E-state index contributed by atoms with van der Waals surface area (Å²) in [5.41, 5.74) is 0. The Hall–Kier alpha value is -1.14. The van der Waals surface area contributed by atoms with E-state index in [0.717, 1.165) is 64.2 Å². The summed E-state index contributed by atoms with van der Waals surface area (Å²) >= 11 is 0. The Balaban J connectivity index is 0.864. The number of fused-ring (bicyclic) bond motifs is 2. The lowest BCUT2D eigenvalue weighted by molar-refractivity contribution is -0.150. The van der Waals surface area contributed by atoms with Crippen molar-refractivity contribution in [2.24, 2.45) is 11.8 Å². The summed E-state index contributed by atoms with van der Waals surface area (Å²) in [6.45, 7) is 1.15. The van der Waals surface area contributed by atoms with Crippen molar-refractivity contribution < 1.29 is 28.5 Å². The van der Waals surface area contributed by atoms with Gasteiger partial charge in [-0.05, 0) is 51.4 Å². The van der Waals surface area contributed by atoms with Gasteiger partial charge >= 0.3 is 11.9 Å². The molecule has 32 heavy (non-hydrogen) atoms. The maximum Gasteiger partial charge on any atom is 0.309 e. The minimum absolute atomic E-state index is 0.00583. The molecule has 2 aliphatic heterocycles. The number of unbranched alkanes of at least 4 members (excludes halogenated alkanes) is 9. The number of ether oxygens (including phenoxy) is 4. The van der Waals surface area contributed by atoms with Gasteiger partial charge in [0.25, 0.3) is 0 Å². The van der Waals surface area contributed by atoms with E-state index in [1.807, 2.05) is 0 Å². The van der Waals surface area contributed by atoms with Crippen LogP contribution in [0.2, 0.25) is 0 Å². The lowest BCUT2D eigenvalue weighted by Gasteiger charge is -2.17. The molecule has 4 aliphatic rings. The number of hydrogen-bond acceptors (Lipinski definition) is 6. The Morgan fingerprint density at radius 1 is 0.531 bits per heavy atom. The molecule has 2 aliphatic carbocycles. The van der Waals surface area contributed by atoms with E-state index in [4.69, 9.17) is 18.9 Å². The Morgan fingerprint density at radius 3 is 1.28 bits per heavy atom. The van der Waals surface area contributed by atoms with Crippen LogP contribution in [0.3, 0.4) is 0 Å². The van der Waals surface area contributed by atoms with Crippen molar-refractivity contribution >= 4 is 11.9 Å². The minimum atomic E-state index is -0.00583. The van der Waals surface area contributed by atoms with Gasteiger partial charge in [0.15, 0.2) is 0 Å². The average Bonchev–Trinajstić information content (AvgIpc) is 3.72. The van der Waals surface area contributed by atoms with Crippen molar-refractivity contribution in [1.82, 2.24) is 0 Å². The third-order valence-corrected chi connectivity index (χ3v) is 7.70. The molecular formula is C26H42O6. The Labute approximate surface area is 193 Å². The molecule has 0 N–H and O–H groups in total. The fraction of sp³-hybridized carbons (Fsp3) is 0.923. The van der Waals surface area contributed by atoms with E-state index in [1.54, 1.807) is 0 Å². The molecule has 6 heteroatoms. The molecule has 4 rings (SSSR count). The Morgan fingerprint density at radius 2 is 0.906 bits per heavy atom. The fourth-order valence-corrected chi connectivity index (χ4v) is 5.44. The molecule has 0 bridgehead atoms. The van der Waals surface area contributed by atoms with E-state index in [2.05, 4.69) is 0 Å². The lowest BCUT2D eigenvalue weighted by atomic mass is 9.89. The molecule has 2 saturated heterocycles. The third-order valence-electron chi connectivity index (χ3n) is 7.70. The summed E-state index contributed by atoms with van der Waals surface area (Å²) in [4.78, 5) is 24.2. The summed E-state index contributed by atoms with van der Waals surface area (Å²) in [5.74, 6) is 0.133. The predicted molar refractivity (Wildman–Crippen MR) is 120 cm³/mol. The van der Waals surface area contributed by atoms with Gasteiger partial charge in [-0.1, -0.05) is 51.4 Å². The van der Waals surface area contributed by atoms with E-state index in [1.165, 1.54) is 38.5 Å². The number of hydrogen-bond donors (Lipinski definition) is 0. The van der Waals surface area contributed by atoms with Crippen molar-refractivity contribution in [3.63, 3.8) is 0 Å². The maximum absolute atomic E-state index is 12.1. The molecule has 0 amide bonds. The van der Waals surface area contributed by atoms with Crippen LogP contribution in [0.15, 0.2) is 0 Å². The van der Waals surface area contributed by atoms with Crippen LogP contribution >= 0.6 is 0 Å². The average molecular weight is 451 g/mol. The van der Waals surface area contributed by atoms with Crippen molar-refractivity contribution in [2.45, 2.75) is 127 Å². The second-order valence-corrected chi connectivity index (χ2v) is 10.3. The van der Waals surface area contributed by atoms with Crippen LogP contribution in [-0.2, 0) is 28.5 Å². The quantitative estimate of drug-likeness (QED) is 0.196. The van der Waals surface area contributed by atoms with Crippen LogP contribution in [0.4, 0.5) is 0 Å². The molecule has 182 valence electrons. The van der Waals surface area contributed by atoms with Gasteiger partial charge in [0.1, 0.15) is 0 Å². The molecule has 0 spiro atoms. The van der Waals surface area contributed by atoms with Crippen LogP contribution in [0.5, 0.6) is 0 Å². The van der Waals surface area contributed by atoms with Gasteiger partial charge < -0.3 is 18.9 Å². The second kappa shape index (κ2) is 12.4. The molecule has 0 radical (unpaired) electrons. The molecular weight excluding hydrogens is 408 g/mol. The van der Waals surface area contributed by atoms with Crippen LogP contribution < -0.4 is 0 Å². The first kappa shape index (κ1) is 24.0. The smallest absolute Gasteiger partial charge is 0.309 e. The highest BCUT2D eigenvalue weighted by atomic mass is 16.6. The molecule has 0 aromatic carbocycles. The van der Waals surface area contributed by atoms with Gasteiger partial charge in [-0.25, -0.2) is 0 Å². The number of rotatable bonds is 15. The van der Waals surface area contributed by atoms with E-state index in [9.17, 15) is 9.59 Å². The number of epoxide rings is 2. The second-order valence-electron chi connectivity index (χ2n) is 10.3. The summed E-state index contributed by atoms with van der Waals surface area (Å²) in [6.07, 6.45) is 19.0. The molecule has 0 aromatic heterocycles. The van der Waals surface area contributed by atoms with E-state index in [0.29, 0.717) is 37.6 Å². The number of esters is 2. The van der Waals surface area contributed by atoms with Crippen molar-refractivity contribution in [2.75, 3.05) is 13.2 Å². The molecule has 6 unspecified atom stereocenters. The molecule has 4 fully saturated rings. The SMILES string of the molecule is O=C(OCCCCCCCCCCCCOC(=O)C1CCC2OC2C1)C1CCC2OC2C1. The normalized spacial score (nSPS) is 32.5. The molecule has 2 saturated carbocycles. The standard InChI is InChI=1S/C26H42O6/c27-25(19-11-13-21-23(17-19)31-21)29-15-9-7-5-3-1-2-4-6-8-10-16-30-26(28)20-12-14-22-24(18-20)32-22/h19-24H,1-18H2. The van der Waals surface area contributed by atoms with Gasteiger partial charge in [0, 0.05) is 0 Å². The van der Waals surface area contributed by atoms with Gasteiger partial charge in [-0.15, -0.1) is 0 Å². The largest absolute Gasteiger partial charge is 0.465 e. The Bertz CT molecular complexity index is 555. The van der Waals surface area contributed by atoms with Gasteiger partial charge in [-0.2, -0.15) is 0 Å². The van der Waals surface area contributed by atoms with Crippen LogP contribution in [0.25, 0.3) is 0 Å². The highest BCUT2D eigenvalue weighted by Crippen LogP contribution is 2.40. The minimum Gasteiger partial charge on any atom is -0.465 e. The van der Waals surface area contributed by atoms with Crippen LogP contribution in [0.1, 0.15) is 103 Å². The zero-order chi connectivity index (χ0) is 22.2. The zero-order valence-corrected chi connectivity index (χ0v) is 19.6. The fourth-order valence-electron chi connectivity index (χ4n) is 5.44. The highest BCUT2D eigenvalue weighted by Gasteiger charge is 2.46. The summed E-state index contributed by atoms with van der Waals surface area (Å²) < 4.78 is 21.9. The van der Waals surface area contributed by atoms with Crippen molar-refractivity contribution in [3.05, 3.63) is 0 Å². The zero-order valence-electron chi connectivity index (χ0n) is 19.6. The summed E-state index contributed by atoms with van der Waals surface area (Å²) in [5, 5.41) is 0. The monoisotopic (exact) mass is 450 g/mol. The van der Waals surface area contributed by atoms with Gasteiger partial charge in [0.2, 0.25) is 0 Å². The molecule has 6 nitrogen and oxygen atoms in total. The van der Waals surface area contributed by atoms with E-state index in [-0.39, 0.29) is 23.8 Å². The first-order valence-electron chi connectivity index (χ1n) is 13.3. The topological polar surface area (TPSA) is 77.7 Å². The van der Waals surface area contributed by atoms with E-state index < -0.39 is 0 Å². The Kier molecular flexibility index (Phi) is 9.27. The lowest BCUT2D eigenvalue weighted by Crippen LogP contribution is -2.24. The molecule has 2 heterocycles. The first-order chi connectivity index (χ1) is 15.7. The van der Waals surface area contributed by atoms with Crippen LogP contribution in [-0.4, -0.2) is 49.6 Å². The molecule has 6 atom stereocenters. The third kappa shape index (κ3) is 7.72. The van der Waals surface area contributed by atoms with E-state index >= 15 is 0 Å². The first-order valence-corrected chi connectivity index (χ1v) is 13.3. The van der Waals surface area contributed by atoms with Crippen molar-refractivity contribution in [1.29, 1.82) is 0 Å².